The first-order valence-electron chi connectivity index (χ1n) is 11.1. The van der Waals surface area contributed by atoms with Crippen molar-refractivity contribution < 1.29 is 14.4 Å². The minimum Gasteiger partial charge on any atom is -0.446 e. The normalized spacial score (nSPS) is 19.8. The van der Waals surface area contributed by atoms with Crippen molar-refractivity contribution in [2.24, 2.45) is 0 Å². The van der Waals surface area contributed by atoms with Gasteiger partial charge >= 0.3 is 6.09 Å². The third kappa shape index (κ3) is 8.82. The van der Waals surface area contributed by atoms with Gasteiger partial charge in [0.15, 0.2) is 0 Å². The van der Waals surface area contributed by atoms with Gasteiger partial charge in [-0.05, 0) is 40.5 Å². The molecule has 1 heterocycles. The van der Waals surface area contributed by atoms with E-state index in [0.29, 0.717) is 6.54 Å². The molecule has 0 spiro atoms. The standard InChI is InChI=1S/C22H44N2O3/c1-7-9-11-12-13-14-16-26-24-21(3,4)17-19(18-22(24,5)6)27-20(25)23-15-10-8-2/h19H,7-18H2,1-6H3,(H,23,25). The lowest BCUT2D eigenvalue weighted by atomic mass is 9.80. The summed E-state index contributed by atoms with van der Waals surface area (Å²) in [5, 5.41) is 5.01. The Hall–Kier alpha value is -0.810. The molecule has 5 nitrogen and oxygen atoms in total. The summed E-state index contributed by atoms with van der Waals surface area (Å²) in [6.07, 6.45) is 10.8. The van der Waals surface area contributed by atoms with Crippen LogP contribution in [0.2, 0.25) is 0 Å². The van der Waals surface area contributed by atoms with E-state index in [4.69, 9.17) is 9.57 Å². The van der Waals surface area contributed by atoms with Crippen LogP contribution in [0, 0.1) is 0 Å². The summed E-state index contributed by atoms with van der Waals surface area (Å²) in [6.45, 7) is 14.5. The van der Waals surface area contributed by atoms with E-state index >= 15 is 0 Å². The zero-order chi connectivity index (χ0) is 20.3. The van der Waals surface area contributed by atoms with Crippen LogP contribution in [-0.4, -0.2) is 41.5 Å². The van der Waals surface area contributed by atoms with Gasteiger partial charge in [-0.15, -0.1) is 0 Å². The Balaban J connectivity index is 2.45. The molecule has 0 atom stereocenters. The highest BCUT2D eigenvalue weighted by Crippen LogP contribution is 2.39. The van der Waals surface area contributed by atoms with Gasteiger partial charge in [0.25, 0.3) is 0 Å². The molecule has 160 valence electrons. The summed E-state index contributed by atoms with van der Waals surface area (Å²) in [7, 11) is 0. The molecule has 0 aromatic rings. The average molecular weight is 385 g/mol. The number of alkyl carbamates (subject to hydrolysis) is 1. The fourth-order valence-corrected chi connectivity index (χ4v) is 4.20. The summed E-state index contributed by atoms with van der Waals surface area (Å²) in [4.78, 5) is 18.3. The predicted molar refractivity (Wildman–Crippen MR) is 112 cm³/mol. The third-order valence-corrected chi connectivity index (χ3v) is 5.35. The molecule has 1 N–H and O–H groups in total. The maximum atomic E-state index is 12.0. The van der Waals surface area contributed by atoms with Crippen molar-refractivity contribution in [3.05, 3.63) is 0 Å². The molecule has 1 rings (SSSR count). The number of piperidine rings is 1. The maximum Gasteiger partial charge on any atom is 0.407 e. The highest BCUT2D eigenvalue weighted by molar-refractivity contribution is 5.67. The summed E-state index contributed by atoms with van der Waals surface area (Å²) >= 11 is 0. The van der Waals surface area contributed by atoms with Crippen LogP contribution in [0.5, 0.6) is 0 Å². The lowest BCUT2D eigenvalue weighted by Crippen LogP contribution is -2.62. The molecule has 0 aromatic carbocycles. The molecule has 0 unspecified atom stereocenters. The third-order valence-electron chi connectivity index (χ3n) is 5.35. The van der Waals surface area contributed by atoms with Crippen molar-refractivity contribution in [3.8, 4) is 0 Å². The molecule has 0 saturated carbocycles. The minimum atomic E-state index is -0.290. The van der Waals surface area contributed by atoms with Crippen molar-refractivity contribution in [3.63, 3.8) is 0 Å². The van der Waals surface area contributed by atoms with E-state index in [9.17, 15) is 4.79 Å². The van der Waals surface area contributed by atoms with Gasteiger partial charge in [0.1, 0.15) is 6.10 Å². The molecule has 1 saturated heterocycles. The van der Waals surface area contributed by atoms with Gasteiger partial charge in [0, 0.05) is 30.5 Å². The second-order valence-electron chi connectivity index (χ2n) is 9.24. The van der Waals surface area contributed by atoms with E-state index in [2.05, 4.69) is 51.9 Å². The molecule has 5 heteroatoms. The van der Waals surface area contributed by atoms with E-state index < -0.39 is 0 Å². The van der Waals surface area contributed by atoms with E-state index in [0.717, 1.165) is 38.7 Å². The second-order valence-corrected chi connectivity index (χ2v) is 9.24. The topological polar surface area (TPSA) is 50.8 Å². The number of nitrogens with zero attached hydrogens (tertiary/aromatic N) is 1. The monoisotopic (exact) mass is 384 g/mol. The molecule has 27 heavy (non-hydrogen) atoms. The van der Waals surface area contributed by atoms with Gasteiger partial charge in [-0.25, -0.2) is 4.79 Å². The molecular formula is C22H44N2O3. The SMILES string of the molecule is CCCCCCCCON1C(C)(C)CC(OC(=O)NCCCC)CC1(C)C. The fourth-order valence-electron chi connectivity index (χ4n) is 4.20. The second kappa shape index (κ2) is 11.9. The van der Waals surface area contributed by atoms with E-state index in [1.807, 2.05) is 0 Å². The van der Waals surface area contributed by atoms with Crippen molar-refractivity contribution >= 4 is 6.09 Å². The number of carbonyl (C=O) groups is 1. The quantitative estimate of drug-likeness (QED) is 0.430. The summed E-state index contributed by atoms with van der Waals surface area (Å²) in [6, 6.07) is 0. The molecule has 1 amide bonds. The number of hydrogen-bond donors (Lipinski definition) is 1. The molecule has 0 radical (unpaired) electrons. The van der Waals surface area contributed by atoms with Crippen LogP contribution >= 0.6 is 0 Å². The number of rotatable bonds is 12. The van der Waals surface area contributed by atoms with Crippen LogP contribution < -0.4 is 5.32 Å². The van der Waals surface area contributed by atoms with Gasteiger partial charge < -0.3 is 10.1 Å². The Morgan fingerprint density at radius 2 is 1.48 bits per heavy atom. The maximum absolute atomic E-state index is 12.0. The first kappa shape index (κ1) is 24.2. The van der Waals surface area contributed by atoms with Crippen molar-refractivity contribution in [1.82, 2.24) is 10.4 Å². The number of hydrogen-bond acceptors (Lipinski definition) is 4. The van der Waals surface area contributed by atoms with E-state index in [1.54, 1.807) is 0 Å². The Morgan fingerprint density at radius 3 is 2.07 bits per heavy atom. The molecule has 0 aromatic heterocycles. The predicted octanol–water partition coefficient (Wildman–Crippen LogP) is 5.83. The molecular weight excluding hydrogens is 340 g/mol. The van der Waals surface area contributed by atoms with Crippen LogP contribution in [0.4, 0.5) is 4.79 Å². The van der Waals surface area contributed by atoms with Crippen molar-refractivity contribution in [1.29, 1.82) is 0 Å². The first-order chi connectivity index (χ1) is 12.7. The number of nitrogens with one attached hydrogen (secondary N) is 1. The van der Waals surface area contributed by atoms with Gasteiger partial charge in [-0.3, -0.25) is 4.84 Å². The Kier molecular flexibility index (Phi) is 10.7. The summed E-state index contributed by atoms with van der Waals surface area (Å²) in [5.74, 6) is 0. The fraction of sp³-hybridized carbons (Fsp3) is 0.955. The Bertz CT molecular complexity index is 406. The molecule has 1 fully saturated rings. The van der Waals surface area contributed by atoms with Gasteiger partial charge in [0.05, 0.1) is 6.61 Å². The molecule has 1 aliphatic rings. The van der Waals surface area contributed by atoms with E-state index in [1.165, 1.54) is 32.1 Å². The highest BCUT2D eigenvalue weighted by atomic mass is 16.7. The first-order valence-corrected chi connectivity index (χ1v) is 11.1. The molecule has 1 aliphatic heterocycles. The largest absolute Gasteiger partial charge is 0.446 e. The molecule has 0 aliphatic carbocycles. The smallest absolute Gasteiger partial charge is 0.407 e. The number of unbranched alkanes of at least 4 members (excludes halogenated alkanes) is 6. The number of hydroxylamine groups is 2. The van der Waals surface area contributed by atoms with Crippen LogP contribution in [0.1, 0.15) is 106 Å². The lowest BCUT2D eigenvalue weighted by Gasteiger charge is -2.53. The van der Waals surface area contributed by atoms with E-state index in [-0.39, 0.29) is 23.3 Å². The van der Waals surface area contributed by atoms with Gasteiger partial charge in [-0.1, -0.05) is 52.4 Å². The Labute approximate surface area is 167 Å². The lowest BCUT2D eigenvalue weighted by molar-refractivity contribution is -0.292. The van der Waals surface area contributed by atoms with Crippen molar-refractivity contribution in [2.45, 2.75) is 123 Å². The van der Waals surface area contributed by atoms with Gasteiger partial charge in [0.2, 0.25) is 0 Å². The molecule has 0 bridgehead atoms. The summed E-state index contributed by atoms with van der Waals surface area (Å²) < 4.78 is 5.71. The number of ether oxygens (including phenoxy) is 1. The van der Waals surface area contributed by atoms with Gasteiger partial charge in [-0.2, -0.15) is 5.06 Å². The van der Waals surface area contributed by atoms with Crippen LogP contribution in [-0.2, 0) is 9.57 Å². The van der Waals surface area contributed by atoms with Crippen LogP contribution in [0.25, 0.3) is 0 Å². The minimum absolute atomic E-state index is 0.0782. The average Bonchev–Trinajstić information content (AvgIpc) is 2.55. The Morgan fingerprint density at radius 1 is 0.926 bits per heavy atom. The van der Waals surface area contributed by atoms with Crippen LogP contribution in [0.3, 0.4) is 0 Å². The number of carbonyl (C=O) groups excluding carboxylic acids is 1. The highest BCUT2D eigenvalue weighted by Gasteiger charge is 2.47. The van der Waals surface area contributed by atoms with Crippen molar-refractivity contribution in [2.75, 3.05) is 13.2 Å². The zero-order valence-electron chi connectivity index (χ0n) is 18.7. The van der Waals surface area contributed by atoms with Crippen LogP contribution in [0.15, 0.2) is 0 Å². The zero-order valence-corrected chi connectivity index (χ0v) is 18.7. The number of amides is 1. The summed E-state index contributed by atoms with van der Waals surface area (Å²) in [5.41, 5.74) is -0.337.